The molecule has 4 N–H and O–H groups in total. The molecule has 0 spiro atoms. The average Bonchev–Trinajstić information content (AvgIpc) is 3.03. The van der Waals surface area contributed by atoms with Gasteiger partial charge >= 0.3 is 0 Å². The molecule has 2 unspecified atom stereocenters. The van der Waals surface area contributed by atoms with Crippen LogP contribution in [0.3, 0.4) is 0 Å². The highest BCUT2D eigenvalue weighted by Gasteiger charge is 2.24. The molecule has 4 aromatic heterocycles. The molecule has 12 nitrogen and oxygen atoms in total. The van der Waals surface area contributed by atoms with E-state index in [9.17, 15) is 26.4 Å². The Morgan fingerprint density at radius 1 is 0.577 bits per heavy atom. The number of sulfone groups is 2. The van der Waals surface area contributed by atoms with Crippen molar-refractivity contribution < 1.29 is 16.8 Å². The fourth-order valence-electron chi connectivity index (χ4n) is 5.40. The summed E-state index contributed by atoms with van der Waals surface area (Å²) >= 11 is 0. The van der Waals surface area contributed by atoms with Gasteiger partial charge in [0.25, 0.3) is 11.1 Å². The molecule has 52 heavy (non-hydrogen) atoms. The van der Waals surface area contributed by atoms with Crippen molar-refractivity contribution in [1.82, 2.24) is 19.9 Å². The minimum absolute atomic E-state index is 0.00379. The zero-order valence-corrected chi connectivity index (χ0v) is 32.7. The number of anilines is 2. The van der Waals surface area contributed by atoms with Crippen LogP contribution >= 0.6 is 0 Å². The number of nitrogens with one attached hydrogen (secondary N) is 4. The fraction of sp³-hybridized carbons (Fsp3) is 0.368. The van der Waals surface area contributed by atoms with E-state index in [1.165, 1.54) is 0 Å². The first kappa shape index (κ1) is 38.4. The van der Waals surface area contributed by atoms with Gasteiger partial charge in [-0.2, -0.15) is 0 Å². The maximum absolute atomic E-state index is 12.4. The SMILES string of the molecule is CC(Nc1nc2cc[nH]c(=O)c2c2cc(S(C)(=O)=O)ccc12)C(C)(C)C.CC(Nc1nc2cc[nH]c(=O)c2c2cc(S(C)(=O)=O)ccc12)C(C)(C)C. The van der Waals surface area contributed by atoms with Crippen molar-refractivity contribution in [1.29, 1.82) is 0 Å². The summed E-state index contributed by atoms with van der Waals surface area (Å²) in [6.07, 6.45) is 5.40. The lowest BCUT2D eigenvalue weighted by Crippen LogP contribution is -2.31. The maximum Gasteiger partial charge on any atom is 0.258 e. The Morgan fingerprint density at radius 2 is 0.923 bits per heavy atom. The summed E-state index contributed by atoms with van der Waals surface area (Å²) in [4.78, 5) is 39.7. The molecule has 0 radical (unpaired) electrons. The van der Waals surface area contributed by atoms with Gasteiger partial charge in [0.15, 0.2) is 19.7 Å². The monoisotopic (exact) mass is 746 g/mol. The Hall–Kier alpha value is -4.82. The van der Waals surface area contributed by atoms with Crippen molar-refractivity contribution in [3.8, 4) is 0 Å². The van der Waals surface area contributed by atoms with E-state index in [4.69, 9.17) is 0 Å². The van der Waals surface area contributed by atoms with Crippen LogP contribution in [0.5, 0.6) is 0 Å². The van der Waals surface area contributed by atoms with Gasteiger partial charge in [-0.3, -0.25) is 9.59 Å². The minimum atomic E-state index is -3.39. The average molecular weight is 747 g/mol. The van der Waals surface area contributed by atoms with Gasteiger partial charge in [0.05, 0.1) is 31.6 Å². The molecule has 6 aromatic rings. The van der Waals surface area contributed by atoms with Crippen LogP contribution in [0.2, 0.25) is 0 Å². The lowest BCUT2D eigenvalue weighted by atomic mass is 9.88. The van der Waals surface area contributed by atoms with Crippen molar-refractivity contribution >= 4 is 74.7 Å². The van der Waals surface area contributed by atoms with Crippen molar-refractivity contribution in [2.24, 2.45) is 10.8 Å². The number of pyridine rings is 4. The summed E-state index contributed by atoms with van der Waals surface area (Å²) in [5.41, 5.74) is 0.473. The van der Waals surface area contributed by atoms with Gasteiger partial charge in [-0.25, -0.2) is 26.8 Å². The molecule has 0 amide bonds. The smallest absolute Gasteiger partial charge is 0.258 e. The van der Waals surface area contributed by atoms with E-state index in [2.05, 4.69) is 86.0 Å². The van der Waals surface area contributed by atoms with Crippen LogP contribution in [0.15, 0.2) is 80.3 Å². The highest BCUT2D eigenvalue weighted by Crippen LogP contribution is 2.33. The molecule has 2 atom stereocenters. The highest BCUT2D eigenvalue weighted by molar-refractivity contribution is 7.91. The summed E-state index contributed by atoms with van der Waals surface area (Å²) in [6.45, 7) is 16.9. The second kappa shape index (κ2) is 13.6. The predicted octanol–water partition coefficient (Wildman–Crippen LogP) is 6.65. The molecule has 4 heterocycles. The minimum Gasteiger partial charge on any atom is -0.367 e. The number of aromatic amines is 2. The second-order valence-corrected chi connectivity index (χ2v) is 19.5. The lowest BCUT2D eigenvalue weighted by molar-refractivity contribution is 0.359. The third-order valence-corrected chi connectivity index (χ3v) is 11.8. The molecule has 0 saturated heterocycles. The molecule has 0 aliphatic carbocycles. The van der Waals surface area contributed by atoms with Gasteiger partial charge in [0, 0.05) is 58.5 Å². The summed E-state index contributed by atoms with van der Waals surface area (Å²) in [5, 5.41) is 10.2. The number of H-pyrrole nitrogens is 2. The first-order chi connectivity index (χ1) is 24.0. The van der Waals surface area contributed by atoms with Gasteiger partial charge in [-0.15, -0.1) is 0 Å². The number of nitrogens with zero attached hydrogens (tertiary/aromatic N) is 2. The molecule has 276 valence electrons. The van der Waals surface area contributed by atoms with E-state index in [1.54, 1.807) is 60.9 Å². The predicted molar refractivity (Wildman–Crippen MR) is 211 cm³/mol. The second-order valence-electron chi connectivity index (χ2n) is 15.5. The largest absolute Gasteiger partial charge is 0.367 e. The van der Waals surface area contributed by atoms with Gasteiger partial charge in [0.2, 0.25) is 0 Å². The van der Waals surface area contributed by atoms with E-state index in [-0.39, 0.29) is 43.8 Å². The van der Waals surface area contributed by atoms with Gasteiger partial charge in [-0.05, 0) is 73.2 Å². The van der Waals surface area contributed by atoms with Crippen LogP contribution in [-0.2, 0) is 19.7 Å². The molecule has 0 aliphatic rings. The highest BCUT2D eigenvalue weighted by atomic mass is 32.2. The molecule has 0 bridgehead atoms. The molecule has 0 fully saturated rings. The third-order valence-electron chi connectivity index (χ3n) is 9.53. The number of hydrogen-bond donors (Lipinski definition) is 4. The Morgan fingerprint density at radius 3 is 1.23 bits per heavy atom. The van der Waals surface area contributed by atoms with Crippen LogP contribution < -0.4 is 21.8 Å². The van der Waals surface area contributed by atoms with Crippen molar-refractivity contribution in [3.63, 3.8) is 0 Å². The fourth-order valence-corrected chi connectivity index (χ4v) is 6.70. The summed E-state index contributed by atoms with van der Waals surface area (Å²) < 4.78 is 47.9. The summed E-state index contributed by atoms with van der Waals surface area (Å²) in [5.74, 6) is 1.28. The van der Waals surface area contributed by atoms with Gasteiger partial charge in [-0.1, -0.05) is 41.5 Å². The molecule has 0 saturated carbocycles. The molecule has 0 aliphatic heterocycles. The van der Waals surface area contributed by atoms with Gasteiger partial charge in [0.1, 0.15) is 11.6 Å². The van der Waals surface area contributed by atoms with Crippen LogP contribution in [-0.4, -0.2) is 61.4 Å². The van der Waals surface area contributed by atoms with E-state index in [1.807, 2.05) is 0 Å². The molecular formula is C38H46N6O6S2. The Bertz CT molecular complexity index is 2500. The van der Waals surface area contributed by atoms with E-state index in [0.717, 1.165) is 23.3 Å². The number of aromatic nitrogens is 4. The van der Waals surface area contributed by atoms with Crippen LogP contribution in [0.4, 0.5) is 11.6 Å². The first-order valence-corrected chi connectivity index (χ1v) is 20.6. The van der Waals surface area contributed by atoms with Gasteiger partial charge < -0.3 is 20.6 Å². The first-order valence-electron chi connectivity index (χ1n) is 16.8. The van der Waals surface area contributed by atoms with Crippen molar-refractivity contribution in [2.75, 3.05) is 23.1 Å². The molecule has 6 rings (SSSR count). The summed E-state index contributed by atoms with van der Waals surface area (Å²) in [7, 11) is -6.78. The zero-order valence-electron chi connectivity index (χ0n) is 31.1. The van der Waals surface area contributed by atoms with E-state index in [0.29, 0.717) is 44.2 Å². The van der Waals surface area contributed by atoms with Crippen molar-refractivity contribution in [3.05, 3.63) is 81.6 Å². The Kier molecular flexibility index (Phi) is 10.1. The normalized spacial score (nSPS) is 13.9. The van der Waals surface area contributed by atoms with Crippen molar-refractivity contribution in [2.45, 2.75) is 77.3 Å². The zero-order chi connectivity index (χ0) is 38.6. The Labute approximate surface area is 303 Å². The van der Waals surface area contributed by atoms with Crippen LogP contribution in [0.25, 0.3) is 43.4 Å². The van der Waals surface area contributed by atoms with Crippen LogP contribution in [0.1, 0.15) is 55.4 Å². The Balaban J connectivity index is 0.000000201. The number of rotatable bonds is 6. The quantitative estimate of drug-likeness (QED) is 0.135. The third kappa shape index (κ3) is 7.97. The van der Waals surface area contributed by atoms with E-state index < -0.39 is 19.7 Å². The topological polar surface area (TPSA) is 184 Å². The molecular weight excluding hydrogens is 701 g/mol. The number of fused-ring (bicyclic) bond motifs is 6. The maximum atomic E-state index is 12.4. The molecule has 2 aromatic carbocycles. The molecule has 14 heteroatoms. The standard InChI is InChI=1S/2C19H23N3O3S/c2*1-11(19(2,3)4)21-17-13-7-6-12(26(5,24)25)10-14(13)16-15(22-17)8-9-20-18(16)23/h2*6-11H,1-5H3,(H,20,23)(H,21,22). The van der Waals surface area contributed by atoms with E-state index >= 15 is 0 Å². The summed E-state index contributed by atoms with van der Waals surface area (Å²) in [6, 6.07) is 13.3. The van der Waals surface area contributed by atoms with Crippen LogP contribution in [0, 0.1) is 10.8 Å². The number of hydrogen-bond acceptors (Lipinski definition) is 10. The number of benzene rings is 2. The lowest BCUT2D eigenvalue weighted by Gasteiger charge is -2.29.